The maximum Gasteiger partial charge on any atom is 0.408 e. The number of nitrogens with zero attached hydrogens (tertiary/aromatic N) is 3. The van der Waals surface area contributed by atoms with Crippen LogP contribution in [-0.4, -0.2) is 39.4 Å². The summed E-state index contributed by atoms with van der Waals surface area (Å²) in [7, 11) is 0. The van der Waals surface area contributed by atoms with Gasteiger partial charge in [0, 0.05) is 0 Å². The third-order valence-corrected chi connectivity index (χ3v) is 5.59. The molecule has 0 aromatic carbocycles. The number of alkyl carbamates (subject to hydrolysis) is 1. The summed E-state index contributed by atoms with van der Waals surface area (Å²) >= 11 is 3.74. The van der Waals surface area contributed by atoms with Crippen molar-refractivity contribution in [2.75, 3.05) is 13.1 Å². The summed E-state index contributed by atoms with van der Waals surface area (Å²) in [5.41, 5.74) is -0.518. The average molecular weight is 463 g/mol. The van der Waals surface area contributed by atoms with E-state index in [1.807, 2.05) is 25.3 Å². The van der Waals surface area contributed by atoms with E-state index in [0.717, 1.165) is 39.6 Å². The summed E-state index contributed by atoms with van der Waals surface area (Å²) in [6.07, 6.45) is 3.40. The Morgan fingerprint density at radius 1 is 1.50 bits per heavy atom. The van der Waals surface area contributed by atoms with Crippen LogP contribution < -0.4 is 10.6 Å². The lowest BCUT2D eigenvalue weighted by Gasteiger charge is -2.30. The van der Waals surface area contributed by atoms with Crippen LogP contribution in [0, 0.1) is 9.62 Å². The minimum absolute atomic E-state index is 0.149. The fourth-order valence-corrected chi connectivity index (χ4v) is 4.46. The van der Waals surface area contributed by atoms with Crippen LogP contribution in [-0.2, 0) is 4.74 Å². The van der Waals surface area contributed by atoms with Gasteiger partial charge in [-0.1, -0.05) is 11.3 Å². The predicted molar refractivity (Wildman–Crippen MR) is 101 cm³/mol. The second-order valence-electron chi connectivity index (χ2n) is 6.93. The van der Waals surface area contributed by atoms with Crippen molar-refractivity contribution in [2.24, 2.45) is 5.92 Å². The zero-order valence-corrected chi connectivity index (χ0v) is 17.0. The van der Waals surface area contributed by atoms with Gasteiger partial charge in [-0.05, 0) is 75.2 Å². The van der Waals surface area contributed by atoms with Crippen molar-refractivity contribution in [1.82, 2.24) is 25.2 Å². The van der Waals surface area contributed by atoms with Gasteiger partial charge >= 0.3 is 6.09 Å². The van der Waals surface area contributed by atoms with Crippen molar-refractivity contribution in [1.29, 1.82) is 0 Å². The van der Waals surface area contributed by atoms with E-state index in [9.17, 15) is 4.79 Å². The molecule has 2 N–H and O–H groups in total. The molecule has 1 aliphatic heterocycles. The highest BCUT2D eigenvalue weighted by molar-refractivity contribution is 14.1. The number of rotatable bonds is 3. The van der Waals surface area contributed by atoms with E-state index in [1.54, 1.807) is 6.20 Å². The molecule has 0 saturated carbocycles. The minimum atomic E-state index is -0.518. The Kier molecular flexibility index (Phi) is 5.30. The van der Waals surface area contributed by atoms with Crippen LogP contribution in [0.15, 0.2) is 6.20 Å². The van der Waals surface area contributed by atoms with Gasteiger partial charge in [0.05, 0.1) is 12.2 Å². The Morgan fingerprint density at radius 2 is 2.21 bits per heavy atom. The van der Waals surface area contributed by atoms with E-state index in [-0.39, 0.29) is 6.04 Å². The van der Waals surface area contributed by atoms with Crippen molar-refractivity contribution in [2.45, 2.75) is 45.3 Å². The molecule has 0 spiro atoms. The average Bonchev–Trinajstić information content (AvgIpc) is 3.06. The van der Waals surface area contributed by atoms with Gasteiger partial charge in [-0.2, -0.15) is 9.61 Å². The van der Waals surface area contributed by atoms with Gasteiger partial charge in [-0.15, -0.1) is 0 Å². The lowest BCUT2D eigenvalue weighted by atomic mass is 9.90. The Balaban J connectivity index is 1.84. The van der Waals surface area contributed by atoms with Gasteiger partial charge in [0.25, 0.3) is 0 Å². The molecule has 1 aliphatic rings. The van der Waals surface area contributed by atoms with Gasteiger partial charge in [0.15, 0.2) is 0 Å². The number of halogens is 1. The molecule has 7 nitrogen and oxygen atoms in total. The molecule has 24 heavy (non-hydrogen) atoms. The zero-order chi connectivity index (χ0) is 17.3. The monoisotopic (exact) mass is 463 g/mol. The number of amides is 1. The number of ether oxygens (including phenoxy) is 1. The van der Waals surface area contributed by atoms with Crippen LogP contribution in [0.1, 0.15) is 44.7 Å². The highest BCUT2D eigenvalue weighted by Crippen LogP contribution is 2.32. The van der Waals surface area contributed by atoms with Crippen molar-refractivity contribution >= 4 is 45.0 Å². The van der Waals surface area contributed by atoms with Crippen LogP contribution in [0.3, 0.4) is 0 Å². The third-order valence-electron chi connectivity index (χ3n) is 3.85. The third kappa shape index (κ3) is 4.17. The smallest absolute Gasteiger partial charge is 0.408 e. The first kappa shape index (κ1) is 17.9. The molecular weight excluding hydrogens is 441 g/mol. The number of piperidine rings is 1. The number of aromatic nitrogens is 3. The molecule has 1 unspecified atom stereocenters. The fourth-order valence-electron chi connectivity index (χ4n) is 2.80. The Bertz CT molecular complexity index is 717. The molecule has 0 bridgehead atoms. The van der Waals surface area contributed by atoms with Crippen LogP contribution in [0.5, 0.6) is 0 Å². The molecule has 1 fully saturated rings. The van der Waals surface area contributed by atoms with Crippen molar-refractivity contribution in [3.8, 4) is 0 Å². The predicted octanol–water partition coefficient (Wildman–Crippen LogP) is 2.96. The largest absolute Gasteiger partial charge is 0.444 e. The van der Waals surface area contributed by atoms with Crippen LogP contribution in [0.25, 0.3) is 4.96 Å². The lowest BCUT2D eigenvalue weighted by Crippen LogP contribution is -2.41. The number of carbonyl (C=O) groups is 1. The molecule has 2 aromatic heterocycles. The molecule has 9 heteroatoms. The summed E-state index contributed by atoms with van der Waals surface area (Å²) in [5, 5.41) is 12.0. The van der Waals surface area contributed by atoms with E-state index < -0.39 is 11.7 Å². The fraction of sp³-hybridized carbons (Fsp3) is 0.667. The first-order valence-corrected chi connectivity index (χ1v) is 9.93. The molecule has 0 radical (unpaired) electrons. The molecule has 3 heterocycles. The standard InChI is InChI=1S/C15H22IN5O2S/c1-15(2,3)23-14(22)19-11(9-4-6-17-7-5-9)12-20-21-10(16)8-18-13(21)24-12/h8-9,11,17H,4-7H2,1-3H3,(H,19,22). The van der Waals surface area contributed by atoms with Gasteiger partial charge in [0.1, 0.15) is 14.3 Å². The van der Waals surface area contributed by atoms with Gasteiger partial charge < -0.3 is 15.4 Å². The number of carbonyl (C=O) groups excluding carboxylic acids is 1. The number of fused-ring (bicyclic) bond motifs is 1. The first-order chi connectivity index (χ1) is 11.3. The number of nitrogens with one attached hydrogen (secondary N) is 2. The summed E-state index contributed by atoms with van der Waals surface area (Å²) in [6, 6.07) is -0.149. The molecule has 2 aromatic rings. The number of imidazole rings is 1. The molecule has 1 saturated heterocycles. The van der Waals surface area contributed by atoms with Crippen molar-refractivity contribution in [3.05, 3.63) is 14.9 Å². The van der Waals surface area contributed by atoms with Gasteiger partial charge in [-0.3, -0.25) is 0 Å². The van der Waals surface area contributed by atoms with Crippen LogP contribution >= 0.6 is 33.9 Å². The van der Waals surface area contributed by atoms with E-state index in [4.69, 9.17) is 4.74 Å². The zero-order valence-electron chi connectivity index (χ0n) is 14.0. The minimum Gasteiger partial charge on any atom is -0.444 e. The highest BCUT2D eigenvalue weighted by atomic mass is 127. The van der Waals surface area contributed by atoms with Crippen LogP contribution in [0.4, 0.5) is 4.79 Å². The SMILES string of the molecule is CC(C)(C)OC(=O)NC(c1nn2c(I)cnc2s1)C1CCNCC1. The topological polar surface area (TPSA) is 80.5 Å². The Morgan fingerprint density at radius 3 is 2.83 bits per heavy atom. The van der Waals surface area contributed by atoms with E-state index in [2.05, 4.69) is 43.3 Å². The summed E-state index contributed by atoms with van der Waals surface area (Å²) in [5.74, 6) is 0.340. The van der Waals surface area contributed by atoms with E-state index in [1.165, 1.54) is 11.3 Å². The molecule has 1 amide bonds. The van der Waals surface area contributed by atoms with Gasteiger partial charge in [0.2, 0.25) is 4.96 Å². The lowest BCUT2D eigenvalue weighted by molar-refractivity contribution is 0.0477. The number of hydrogen-bond acceptors (Lipinski definition) is 6. The van der Waals surface area contributed by atoms with Gasteiger partial charge in [-0.25, -0.2) is 9.78 Å². The van der Waals surface area contributed by atoms with Crippen LogP contribution in [0.2, 0.25) is 0 Å². The quantitative estimate of drug-likeness (QED) is 0.685. The Hall–Kier alpha value is -0.940. The Labute approximate surface area is 158 Å². The highest BCUT2D eigenvalue weighted by Gasteiger charge is 2.31. The summed E-state index contributed by atoms with van der Waals surface area (Å²) in [4.78, 5) is 17.5. The molecule has 3 rings (SSSR count). The maximum atomic E-state index is 12.3. The molecule has 132 valence electrons. The number of hydrogen-bond donors (Lipinski definition) is 2. The summed E-state index contributed by atoms with van der Waals surface area (Å²) in [6.45, 7) is 7.51. The second kappa shape index (κ2) is 7.12. The maximum absolute atomic E-state index is 12.3. The van der Waals surface area contributed by atoms with Crippen molar-refractivity contribution < 1.29 is 9.53 Å². The van der Waals surface area contributed by atoms with E-state index >= 15 is 0 Å². The summed E-state index contributed by atoms with van der Waals surface area (Å²) < 4.78 is 8.24. The molecule has 1 atom stereocenters. The van der Waals surface area contributed by atoms with Crippen molar-refractivity contribution in [3.63, 3.8) is 0 Å². The molecule has 0 aliphatic carbocycles. The normalized spacial score (nSPS) is 17.8. The molecular formula is C15H22IN5O2S. The second-order valence-corrected chi connectivity index (χ2v) is 9.02. The van der Waals surface area contributed by atoms with E-state index in [0.29, 0.717) is 5.92 Å². The first-order valence-electron chi connectivity index (χ1n) is 8.04.